The van der Waals surface area contributed by atoms with E-state index in [0.717, 1.165) is 31.4 Å². The van der Waals surface area contributed by atoms with Crippen molar-refractivity contribution in [3.63, 3.8) is 0 Å². The largest absolute Gasteiger partial charge is 0.491 e. The monoisotopic (exact) mass is 266 g/mol. The average Bonchev–Trinajstić information content (AvgIpc) is 2.91. The molecule has 0 saturated heterocycles. The van der Waals surface area contributed by atoms with Gasteiger partial charge in [0, 0.05) is 18.4 Å². The molecule has 0 spiro atoms. The van der Waals surface area contributed by atoms with Gasteiger partial charge in [-0.2, -0.15) is 0 Å². The Morgan fingerprint density at radius 1 is 1.50 bits per heavy atom. The maximum absolute atomic E-state index is 10.7. The Bertz CT molecular complexity index is 510. The van der Waals surface area contributed by atoms with E-state index in [0.29, 0.717) is 17.5 Å². The molecule has 2 aliphatic rings. The number of aliphatic carboxylic acids is 1. The van der Waals surface area contributed by atoms with Crippen LogP contribution < -0.4 is 4.74 Å². The van der Waals surface area contributed by atoms with E-state index in [1.165, 1.54) is 16.7 Å². The molecule has 1 N–H and O–H groups in total. The smallest absolute Gasteiger partial charge is 0.303 e. The van der Waals surface area contributed by atoms with E-state index in [1.807, 2.05) is 6.07 Å². The van der Waals surface area contributed by atoms with Gasteiger partial charge < -0.3 is 9.84 Å². The Morgan fingerprint density at radius 3 is 3.11 bits per heavy atom. The predicted molar refractivity (Wildman–Crippen MR) is 68.6 cm³/mol. The Hall–Kier alpha value is -1.22. The third-order valence-electron chi connectivity index (χ3n) is 3.94. The second-order valence-electron chi connectivity index (χ2n) is 5.01. The SMILES string of the molecule is O=C(O)CC[C@@H]1CCc2cc(Cl)c3c(c21)CCO3. The molecule has 0 bridgehead atoms. The molecule has 0 fully saturated rings. The fourth-order valence-corrected chi connectivity index (χ4v) is 3.49. The van der Waals surface area contributed by atoms with E-state index in [9.17, 15) is 4.79 Å². The zero-order valence-corrected chi connectivity index (χ0v) is 10.8. The summed E-state index contributed by atoms with van der Waals surface area (Å²) < 4.78 is 5.58. The molecule has 96 valence electrons. The molecule has 0 radical (unpaired) electrons. The summed E-state index contributed by atoms with van der Waals surface area (Å²) in [6.45, 7) is 0.692. The van der Waals surface area contributed by atoms with Gasteiger partial charge in [0.25, 0.3) is 0 Å². The zero-order chi connectivity index (χ0) is 12.7. The van der Waals surface area contributed by atoms with Crippen LogP contribution in [0.15, 0.2) is 6.07 Å². The third-order valence-corrected chi connectivity index (χ3v) is 4.22. The molecular formula is C14H15ClO3. The number of ether oxygens (including phenoxy) is 1. The summed E-state index contributed by atoms with van der Waals surface area (Å²) >= 11 is 6.21. The Balaban J connectivity index is 1.95. The molecule has 0 saturated carbocycles. The van der Waals surface area contributed by atoms with E-state index in [-0.39, 0.29) is 6.42 Å². The van der Waals surface area contributed by atoms with Crippen LogP contribution >= 0.6 is 11.6 Å². The second-order valence-corrected chi connectivity index (χ2v) is 5.41. The first-order chi connectivity index (χ1) is 8.66. The highest BCUT2D eigenvalue weighted by Gasteiger charge is 2.31. The van der Waals surface area contributed by atoms with Crippen LogP contribution in [0, 0.1) is 0 Å². The summed E-state index contributed by atoms with van der Waals surface area (Å²) in [6.07, 6.45) is 3.91. The number of carbonyl (C=O) groups is 1. The van der Waals surface area contributed by atoms with Gasteiger partial charge >= 0.3 is 5.97 Å². The van der Waals surface area contributed by atoms with Crippen LogP contribution in [0.4, 0.5) is 0 Å². The molecular weight excluding hydrogens is 252 g/mol. The number of aryl methyl sites for hydroxylation is 1. The minimum absolute atomic E-state index is 0.238. The van der Waals surface area contributed by atoms with E-state index in [4.69, 9.17) is 21.4 Å². The molecule has 3 rings (SSSR count). The van der Waals surface area contributed by atoms with E-state index in [1.54, 1.807) is 0 Å². The molecule has 0 aromatic heterocycles. The maximum atomic E-state index is 10.7. The van der Waals surface area contributed by atoms with Crippen LogP contribution in [0.3, 0.4) is 0 Å². The first-order valence-corrected chi connectivity index (χ1v) is 6.73. The van der Waals surface area contributed by atoms with Crippen molar-refractivity contribution in [1.29, 1.82) is 0 Å². The van der Waals surface area contributed by atoms with Gasteiger partial charge in [0.2, 0.25) is 0 Å². The highest BCUT2D eigenvalue weighted by Crippen LogP contribution is 2.46. The summed E-state index contributed by atoms with van der Waals surface area (Å²) in [4.78, 5) is 10.7. The van der Waals surface area contributed by atoms with Crippen LogP contribution in [0.25, 0.3) is 0 Å². The summed E-state index contributed by atoms with van der Waals surface area (Å²) in [5, 5.41) is 9.52. The van der Waals surface area contributed by atoms with Crippen molar-refractivity contribution < 1.29 is 14.6 Å². The number of fused-ring (bicyclic) bond motifs is 3. The first kappa shape index (κ1) is 11.8. The number of carboxylic acid groups (broad SMARTS) is 1. The van der Waals surface area contributed by atoms with Crippen molar-refractivity contribution in [2.75, 3.05) is 6.61 Å². The van der Waals surface area contributed by atoms with Crippen molar-refractivity contribution in [3.8, 4) is 5.75 Å². The highest BCUT2D eigenvalue weighted by atomic mass is 35.5. The molecule has 1 heterocycles. The second kappa shape index (κ2) is 4.47. The lowest BCUT2D eigenvalue weighted by atomic mass is 9.91. The Labute approximate surface area is 111 Å². The quantitative estimate of drug-likeness (QED) is 0.914. The predicted octanol–water partition coefficient (Wildman–Crippen LogP) is 3.17. The lowest BCUT2D eigenvalue weighted by Crippen LogP contribution is -2.02. The van der Waals surface area contributed by atoms with Gasteiger partial charge in [0.1, 0.15) is 5.75 Å². The maximum Gasteiger partial charge on any atom is 0.303 e. The number of halogens is 1. The van der Waals surface area contributed by atoms with Gasteiger partial charge in [-0.05, 0) is 42.4 Å². The molecule has 0 unspecified atom stereocenters. The van der Waals surface area contributed by atoms with E-state index < -0.39 is 5.97 Å². The summed E-state index contributed by atoms with van der Waals surface area (Å²) in [5.74, 6) is 0.478. The van der Waals surface area contributed by atoms with Gasteiger partial charge in [-0.15, -0.1) is 0 Å². The Morgan fingerprint density at radius 2 is 2.33 bits per heavy atom. The summed E-state index contributed by atoms with van der Waals surface area (Å²) in [5.41, 5.74) is 3.85. The first-order valence-electron chi connectivity index (χ1n) is 6.35. The van der Waals surface area contributed by atoms with Crippen molar-refractivity contribution in [2.24, 2.45) is 0 Å². The Kier molecular flexibility index (Phi) is 2.94. The number of hydrogen-bond acceptors (Lipinski definition) is 2. The fourth-order valence-electron chi connectivity index (χ4n) is 3.19. The van der Waals surface area contributed by atoms with Crippen LogP contribution in [-0.4, -0.2) is 17.7 Å². The highest BCUT2D eigenvalue weighted by molar-refractivity contribution is 6.32. The van der Waals surface area contributed by atoms with Gasteiger partial charge in [0.15, 0.2) is 0 Å². The standard InChI is InChI=1S/C14H15ClO3/c15-11-7-9-2-1-8(3-4-12(16)17)13(9)10-5-6-18-14(10)11/h7-8H,1-6H2,(H,16,17)/t8-/m0/s1. The van der Waals surface area contributed by atoms with Gasteiger partial charge in [-0.25, -0.2) is 0 Å². The average molecular weight is 267 g/mol. The minimum Gasteiger partial charge on any atom is -0.491 e. The number of carboxylic acids is 1. The zero-order valence-electron chi connectivity index (χ0n) is 10.0. The normalized spacial score (nSPS) is 20.4. The van der Waals surface area contributed by atoms with Crippen LogP contribution in [0.2, 0.25) is 5.02 Å². The number of hydrogen-bond donors (Lipinski definition) is 1. The fraction of sp³-hybridized carbons (Fsp3) is 0.500. The van der Waals surface area contributed by atoms with Crippen LogP contribution in [-0.2, 0) is 17.6 Å². The van der Waals surface area contributed by atoms with Gasteiger partial charge in [0.05, 0.1) is 11.6 Å². The van der Waals surface area contributed by atoms with E-state index in [2.05, 4.69) is 0 Å². The number of benzene rings is 1. The van der Waals surface area contributed by atoms with Crippen LogP contribution in [0.1, 0.15) is 41.9 Å². The minimum atomic E-state index is -0.717. The van der Waals surface area contributed by atoms with E-state index >= 15 is 0 Å². The molecule has 1 aliphatic heterocycles. The molecule has 18 heavy (non-hydrogen) atoms. The van der Waals surface area contributed by atoms with Crippen molar-refractivity contribution in [1.82, 2.24) is 0 Å². The van der Waals surface area contributed by atoms with Gasteiger partial charge in [-0.1, -0.05) is 11.6 Å². The van der Waals surface area contributed by atoms with Crippen molar-refractivity contribution >= 4 is 17.6 Å². The van der Waals surface area contributed by atoms with Crippen molar-refractivity contribution in [3.05, 3.63) is 27.8 Å². The van der Waals surface area contributed by atoms with Crippen LogP contribution in [0.5, 0.6) is 5.75 Å². The number of rotatable bonds is 3. The molecule has 0 amide bonds. The lowest BCUT2D eigenvalue weighted by Gasteiger charge is -2.14. The summed E-state index contributed by atoms with van der Waals surface area (Å²) in [7, 11) is 0. The van der Waals surface area contributed by atoms with Gasteiger partial charge in [-0.3, -0.25) is 4.79 Å². The molecule has 1 aromatic carbocycles. The topological polar surface area (TPSA) is 46.5 Å². The molecule has 1 aliphatic carbocycles. The molecule has 1 atom stereocenters. The molecule has 3 nitrogen and oxygen atoms in total. The van der Waals surface area contributed by atoms with Crippen molar-refractivity contribution in [2.45, 2.75) is 38.0 Å². The molecule has 4 heteroatoms. The third kappa shape index (κ3) is 1.87. The summed E-state index contributed by atoms with van der Waals surface area (Å²) in [6, 6.07) is 2.00. The molecule has 1 aromatic rings. The lowest BCUT2D eigenvalue weighted by molar-refractivity contribution is -0.137.